The predicted octanol–water partition coefficient (Wildman–Crippen LogP) is 5.24. The minimum Gasteiger partial charge on any atom is -0.458 e. The second kappa shape index (κ2) is 8.50. The van der Waals surface area contributed by atoms with Gasteiger partial charge in [-0.3, -0.25) is 0 Å². The van der Waals surface area contributed by atoms with Gasteiger partial charge < -0.3 is 9.47 Å². The van der Waals surface area contributed by atoms with Gasteiger partial charge in [-0.05, 0) is 41.5 Å². The van der Waals surface area contributed by atoms with E-state index >= 15 is 0 Å². The topological polar surface area (TPSA) is 35.5 Å². The summed E-state index contributed by atoms with van der Waals surface area (Å²) in [6.45, 7) is 0.198. The van der Waals surface area contributed by atoms with Crippen LogP contribution >= 0.6 is 0 Å². The number of para-hydroxylation sites is 1. The van der Waals surface area contributed by atoms with Gasteiger partial charge in [-0.25, -0.2) is 4.79 Å². The lowest BCUT2D eigenvalue weighted by molar-refractivity contribution is -0.138. The summed E-state index contributed by atoms with van der Waals surface area (Å²) in [7, 11) is 0. The molecule has 0 amide bonds. The first-order valence-electron chi connectivity index (χ1n) is 8.01. The number of carbonyl (C=O) groups is 1. The Kier molecular flexibility index (Phi) is 5.62. The van der Waals surface area contributed by atoms with Crippen molar-refractivity contribution < 1.29 is 14.3 Å². The number of rotatable bonds is 6. The zero-order valence-corrected chi connectivity index (χ0v) is 13.7. The monoisotopic (exact) mass is 330 g/mol. The fourth-order valence-electron chi connectivity index (χ4n) is 2.25. The van der Waals surface area contributed by atoms with Gasteiger partial charge in [-0.2, -0.15) is 0 Å². The van der Waals surface area contributed by atoms with E-state index in [4.69, 9.17) is 9.47 Å². The second-order valence-corrected chi connectivity index (χ2v) is 5.41. The molecule has 0 aliphatic rings. The van der Waals surface area contributed by atoms with E-state index in [-0.39, 0.29) is 12.6 Å². The Hall–Kier alpha value is -3.33. The lowest BCUT2D eigenvalue weighted by Gasteiger charge is -2.07. The molecule has 3 rings (SSSR count). The van der Waals surface area contributed by atoms with Gasteiger partial charge in [0.25, 0.3) is 0 Å². The van der Waals surface area contributed by atoms with E-state index in [9.17, 15) is 4.79 Å². The zero-order valence-electron chi connectivity index (χ0n) is 13.7. The van der Waals surface area contributed by atoms with Crippen LogP contribution in [0.25, 0.3) is 6.08 Å². The van der Waals surface area contributed by atoms with Crippen LogP contribution in [0.5, 0.6) is 11.5 Å². The molecule has 0 aliphatic heterocycles. The molecule has 0 spiro atoms. The van der Waals surface area contributed by atoms with Crippen molar-refractivity contribution in [2.45, 2.75) is 6.61 Å². The first kappa shape index (κ1) is 16.5. The highest BCUT2D eigenvalue weighted by atomic mass is 16.5. The molecule has 0 heterocycles. The molecule has 0 bridgehead atoms. The molecule has 0 radical (unpaired) electrons. The molecule has 25 heavy (non-hydrogen) atoms. The van der Waals surface area contributed by atoms with E-state index in [2.05, 4.69) is 0 Å². The molecular weight excluding hydrogens is 312 g/mol. The van der Waals surface area contributed by atoms with Gasteiger partial charge in [0.1, 0.15) is 18.1 Å². The Morgan fingerprint density at radius 3 is 2.24 bits per heavy atom. The Morgan fingerprint density at radius 1 is 0.800 bits per heavy atom. The van der Waals surface area contributed by atoms with Crippen LogP contribution in [0.1, 0.15) is 11.1 Å². The summed E-state index contributed by atoms with van der Waals surface area (Å²) in [4.78, 5) is 11.8. The smallest absolute Gasteiger partial charge is 0.331 e. The van der Waals surface area contributed by atoms with Crippen molar-refractivity contribution in [1.29, 1.82) is 0 Å². The quantitative estimate of drug-likeness (QED) is 0.458. The van der Waals surface area contributed by atoms with E-state index in [1.165, 1.54) is 6.08 Å². The van der Waals surface area contributed by atoms with Crippen molar-refractivity contribution >= 4 is 12.0 Å². The third-order valence-corrected chi connectivity index (χ3v) is 3.47. The summed E-state index contributed by atoms with van der Waals surface area (Å²) in [5.41, 5.74) is 1.83. The molecule has 0 fully saturated rings. The number of hydrogen-bond donors (Lipinski definition) is 0. The van der Waals surface area contributed by atoms with Crippen molar-refractivity contribution in [2.75, 3.05) is 0 Å². The third-order valence-electron chi connectivity index (χ3n) is 3.47. The highest BCUT2D eigenvalue weighted by molar-refractivity contribution is 5.87. The molecule has 0 atom stereocenters. The molecule has 124 valence electrons. The lowest BCUT2D eigenvalue weighted by Crippen LogP contribution is -2.00. The van der Waals surface area contributed by atoms with Crippen LogP contribution < -0.4 is 4.74 Å². The highest BCUT2D eigenvalue weighted by Gasteiger charge is 2.02. The van der Waals surface area contributed by atoms with Crippen LogP contribution in [0.2, 0.25) is 0 Å². The Bertz CT molecular complexity index is 839. The van der Waals surface area contributed by atoms with E-state index in [0.717, 1.165) is 16.9 Å². The van der Waals surface area contributed by atoms with Crippen LogP contribution in [-0.2, 0) is 16.1 Å². The number of ether oxygens (including phenoxy) is 2. The molecule has 0 aromatic heterocycles. The maximum atomic E-state index is 11.8. The average molecular weight is 330 g/mol. The third kappa shape index (κ3) is 5.36. The van der Waals surface area contributed by atoms with Crippen LogP contribution in [0.4, 0.5) is 0 Å². The first-order chi connectivity index (χ1) is 12.3. The first-order valence-corrected chi connectivity index (χ1v) is 8.01. The van der Waals surface area contributed by atoms with Gasteiger partial charge in [0.15, 0.2) is 0 Å². The molecule has 3 heteroatoms. The molecule has 0 unspecified atom stereocenters. The maximum absolute atomic E-state index is 11.8. The summed E-state index contributed by atoms with van der Waals surface area (Å²) in [5.74, 6) is 1.10. The van der Waals surface area contributed by atoms with E-state index < -0.39 is 0 Å². The SMILES string of the molecule is O=C(/C=C/c1ccccc1)OCc1cccc(Oc2ccccc2)c1. The molecule has 0 saturated heterocycles. The Balaban J connectivity index is 1.55. The fraction of sp³-hybridized carbons (Fsp3) is 0.0455. The lowest BCUT2D eigenvalue weighted by atomic mass is 10.2. The van der Waals surface area contributed by atoms with E-state index in [1.807, 2.05) is 84.9 Å². The molecule has 3 aromatic carbocycles. The number of esters is 1. The summed E-state index contributed by atoms with van der Waals surface area (Å²) in [6.07, 6.45) is 3.16. The van der Waals surface area contributed by atoms with Gasteiger partial charge in [0, 0.05) is 6.08 Å². The van der Waals surface area contributed by atoms with Gasteiger partial charge in [0.2, 0.25) is 0 Å². The zero-order chi connectivity index (χ0) is 17.3. The highest BCUT2D eigenvalue weighted by Crippen LogP contribution is 2.22. The molecule has 0 N–H and O–H groups in total. The molecule has 3 nitrogen and oxygen atoms in total. The van der Waals surface area contributed by atoms with Crippen molar-refractivity contribution in [3.8, 4) is 11.5 Å². The van der Waals surface area contributed by atoms with E-state index in [1.54, 1.807) is 6.08 Å². The van der Waals surface area contributed by atoms with Crippen molar-refractivity contribution in [3.63, 3.8) is 0 Å². The minimum atomic E-state index is -0.377. The molecular formula is C22H18O3. The van der Waals surface area contributed by atoms with Gasteiger partial charge in [-0.15, -0.1) is 0 Å². The minimum absolute atomic E-state index is 0.198. The van der Waals surface area contributed by atoms with Crippen LogP contribution in [0, 0.1) is 0 Å². The largest absolute Gasteiger partial charge is 0.458 e. The fourth-order valence-corrected chi connectivity index (χ4v) is 2.25. The number of carbonyl (C=O) groups excluding carboxylic acids is 1. The number of benzene rings is 3. The van der Waals surface area contributed by atoms with Gasteiger partial charge >= 0.3 is 5.97 Å². The second-order valence-electron chi connectivity index (χ2n) is 5.41. The normalized spacial score (nSPS) is 10.6. The summed E-state index contributed by atoms with van der Waals surface area (Å²) in [5, 5.41) is 0. The Labute approximate surface area is 147 Å². The summed E-state index contributed by atoms with van der Waals surface area (Å²) < 4.78 is 11.1. The van der Waals surface area contributed by atoms with Crippen molar-refractivity contribution in [2.24, 2.45) is 0 Å². The molecule has 0 saturated carbocycles. The van der Waals surface area contributed by atoms with Gasteiger partial charge in [0.05, 0.1) is 0 Å². The van der Waals surface area contributed by atoms with Crippen LogP contribution in [0.3, 0.4) is 0 Å². The number of hydrogen-bond acceptors (Lipinski definition) is 3. The van der Waals surface area contributed by atoms with Crippen LogP contribution in [-0.4, -0.2) is 5.97 Å². The Morgan fingerprint density at radius 2 is 1.48 bits per heavy atom. The summed E-state index contributed by atoms with van der Waals surface area (Å²) >= 11 is 0. The van der Waals surface area contributed by atoms with E-state index in [0.29, 0.717) is 5.75 Å². The maximum Gasteiger partial charge on any atom is 0.331 e. The van der Waals surface area contributed by atoms with Crippen molar-refractivity contribution in [3.05, 3.63) is 102 Å². The van der Waals surface area contributed by atoms with Crippen molar-refractivity contribution in [1.82, 2.24) is 0 Å². The standard InChI is InChI=1S/C22H18O3/c23-22(15-14-18-8-3-1-4-9-18)24-17-19-10-7-13-21(16-19)25-20-11-5-2-6-12-20/h1-16H,17H2/b15-14+. The van der Waals surface area contributed by atoms with Gasteiger partial charge in [-0.1, -0.05) is 60.7 Å². The summed E-state index contributed by atoms with van der Waals surface area (Å²) in [6, 6.07) is 26.7. The molecule has 3 aromatic rings. The molecule has 0 aliphatic carbocycles. The van der Waals surface area contributed by atoms with Crippen LogP contribution in [0.15, 0.2) is 91.0 Å². The average Bonchev–Trinajstić information content (AvgIpc) is 2.67. The predicted molar refractivity (Wildman–Crippen MR) is 98.2 cm³/mol.